The van der Waals surface area contributed by atoms with E-state index in [0.29, 0.717) is 5.56 Å². The molecule has 0 bridgehead atoms. The lowest BCUT2D eigenvalue weighted by molar-refractivity contribution is 0.0696. The molecule has 0 fully saturated rings. The van der Waals surface area contributed by atoms with Gasteiger partial charge < -0.3 is 9.67 Å². The number of benzene rings is 1. The van der Waals surface area contributed by atoms with Crippen LogP contribution in [0.4, 0.5) is 4.39 Å². The highest BCUT2D eigenvalue weighted by Crippen LogP contribution is 2.11. The van der Waals surface area contributed by atoms with Crippen LogP contribution in [0.25, 0.3) is 0 Å². The number of halogens is 1. The number of aromatic nitrogens is 1. The lowest BCUT2D eigenvalue weighted by atomic mass is 10.1. The lowest BCUT2D eigenvalue weighted by Crippen LogP contribution is -2.21. The van der Waals surface area contributed by atoms with E-state index < -0.39 is 17.3 Å². The van der Waals surface area contributed by atoms with E-state index in [2.05, 4.69) is 0 Å². The van der Waals surface area contributed by atoms with Gasteiger partial charge in [0.25, 0.3) is 5.56 Å². The highest BCUT2D eigenvalue weighted by molar-refractivity contribution is 5.87. The predicted octanol–water partition coefficient (Wildman–Crippen LogP) is 1.61. The second-order valence-corrected chi connectivity index (χ2v) is 4.10. The summed E-state index contributed by atoms with van der Waals surface area (Å²) in [5.74, 6) is -1.72. The van der Waals surface area contributed by atoms with Crippen molar-refractivity contribution in [1.29, 1.82) is 5.26 Å². The zero-order valence-electron chi connectivity index (χ0n) is 10.2. The zero-order valence-corrected chi connectivity index (χ0v) is 10.2. The van der Waals surface area contributed by atoms with Crippen LogP contribution in [0.3, 0.4) is 0 Å². The molecule has 6 heteroatoms. The van der Waals surface area contributed by atoms with Gasteiger partial charge in [-0.3, -0.25) is 4.79 Å². The molecule has 20 heavy (non-hydrogen) atoms. The van der Waals surface area contributed by atoms with Crippen molar-refractivity contribution in [3.05, 3.63) is 69.4 Å². The molecular weight excluding hydrogens is 263 g/mol. The maximum absolute atomic E-state index is 13.0. The van der Waals surface area contributed by atoms with Gasteiger partial charge in [-0.15, -0.1) is 0 Å². The molecule has 0 atom stereocenters. The van der Waals surface area contributed by atoms with Gasteiger partial charge in [0.2, 0.25) is 0 Å². The smallest absolute Gasteiger partial charge is 0.335 e. The van der Waals surface area contributed by atoms with Gasteiger partial charge in [-0.05, 0) is 23.8 Å². The Morgan fingerprint density at radius 2 is 2.10 bits per heavy atom. The summed E-state index contributed by atoms with van der Waals surface area (Å²) in [7, 11) is 0. The number of nitriles is 1. The van der Waals surface area contributed by atoms with E-state index in [4.69, 9.17) is 10.4 Å². The van der Waals surface area contributed by atoms with Crippen LogP contribution in [0.2, 0.25) is 0 Å². The molecule has 0 amide bonds. The van der Waals surface area contributed by atoms with Crippen molar-refractivity contribution in [3.63, 3.8) is 0 Å². The second-order valence-electron chi connectivity index (χ2n) is 4.10. The number of carboxylic acids is 1. The van der Waals surface area contributed by atoms with E-state index >= 15 is 0 Å². The molecular formula is C14H9FN2O3. The number of hydrogen-bond donors (Lipinski definition) is 1. The Labute approximate surface area is 113 Å². The first-order valence-electron chi connectivity index (χ1n) is 5.63. The van der Waals surface area contributed by atoms with Gasteiger partial charge in [-0.25, -0.2) is 9.18 Å². The number of rotatable bonds is 3. The molecule has 0 aliphatic heterocycles. The van der Waals surface area contributed by atoms with Crippen LogP contribution in [0.1, 0.15) is 21.5 Å². The average Bonchev–Trinajstić information content (AvgIpc) is 2.42. The van der Waals surface area contributed by atoms with Gasteiger partial charge >= 0.3 is 5.97 Å². The number of pyridine rings is 1. The molecule has 2 rings (SSSR count). The minimum absolute atomic E-state index is 0.0713. The van der Waals surface area contributed by atoms with E-state index in [0.717, 1.165) is 12.1 Å². The summed E-state index contributed by atoms with van der Waals surface area (Å²) in [6, 6.07) is 7.86. The molecule has 0 aliphatic rings. The fraction of sp³-hybridized carbons (Fsp3) is 0.0714. The van der Waals surface area contributed by atoms with Crippen molar-refractivity contribution >= 4 is 5.97 Å². The molecule has 1 N–H and O–H groups in total. The van der Waals surface area contributed by atoms with Gasteiger partial charge in [-0.1, -0.05) is 6.07 Å². The van der Waals surface area contributed by atoms with Gasteiger partial charge in [0.1, 0.15) is 5.82 Å². The maximum Gasteiger partial charge on any atom is 0.335 e. The summed E-state index contributed by atoms with van der Waals surface area (Å²) in [6.07, 6.45) is 1.33. The summed E-state index contributed by atoms with van der Waals surface area (Å²) in [5.41, 5.74) is 0.0160. The average molecular weight is 272 g/mol. The van der Waals surface area contributed by atoms with Crippen LogP contribution in [0.5, 0.6) is 0 Å². The zero-order chi connectivity index (χ0) is 14.7. The molecule has 0 saturated carbocycles. The van der Waals surface area contributed by atoms with Gasteiger partial charge in [0, 0.05) is 12.3 Å². The second kappa shape index (κ2) is 5.36. The first-order chi connectivity index (χ1) is 9.51. The highest BCUT2D eigenvalue weighted by Gasteiger charge is 2.08. The predicted molar refractivity (Wildman–Crippen MR) is 67.9 cm³/mol. The standard InChI is InChI=1S/C14H9FN2O3/c15-12-2-1-10(11(5-12)7-16)8-17-4-3-9(14(19)20)6-13(17)18/h1-6H,8H2,(H,19,20). The van der Waals surface area contributed by atoms with Crippen molar-refractivity contribution in [2.75, 3.05) is 0 Å². The summed E-state index contributed by atoms with van der Waals surface area (Å²) in [4.78, 5) is 22.5. The fourth-order valence-corrected chi connectivity index (χ4v) is 1.75. The third-order valence-electron chi connectivity index (χ3n) is 2.78. The number of carboxylic acid groups (broad SMARTS) is 1. The Balaban J connectivity index is 2.39. The highest BCUT2D eigenvalue weighted by atomic mass is 19.1. The molecule has 100 valence electrons. The fourth-order valence-electron chi connectivity index (χ4n) is 1.75. The van der Waals surface area contributed by atoms with Crippen molar-refractivity contribution in [2.24, 2.45) is 0 Å². The minimum atomic E-state index is -1.19. The number of carbonyl (C=O) groups is 1. The third kappa shape index (κ3) is 2.72. The summed E-state index contributed by atoms with van der Waals surface area (Å²) in [5, 5.41) is 17.7. The topological polar surface area (TPSA) is 83.1 Å². The maximum atomic E-state index is 13.0. The third-order valence-corrected chi connectivity index (χ3v) is 2.78. The Morgan fingerprint density at radius 1 is 1.35 bits per heavy atom. The van der Waals surface area contributed by atoms with Crippen LogP contribution in [0.15, 0.2) is 41.3 Å². The van der Waals surface area contributed by atoms with Crippen LogP contribution in [0, 0.1) is 17.1 Å². The Kier molecular flexibility index (Phi) is 3.62. The van der Waals surface area contributed by atoms with Gasteiger partial charge in [0.05, 0.1) is 23.7 Å². The van der Waals surface area contributed by atoms with E-state index in [9.17, 15) is 14.0 Å². The molecule has 0 saturated heterocycles. The molecule has 0 radical (unpaired) electrons. The summed E-state index contributed by atoms with van der Waals surface area (Å²) >= 11 is 0. The number of nitrogens with zero attached hydrogens (tertiary/aromatic N) is 2. The molecule has 1 aromatic carbocycles. The van der Waals surface area contributed by atoms with E-state index in [1.165, 1.54) is 29.0 Å². The molecule has 0 unspecified atom stereocenters. The van der Waals surface area contributed by atoms with Crippen molar-refractivity contribution < 1.29 is 14.3 Å². The Hall–Kier alpha value is -2.94. The first kappa shape index (κ1) is 13.5. The van der Waals surface area contributed by atoms with Crippen LogP contribution < -0.4 is 5.56 Å². The van der Waals surface area contributed by atoms with Crippen LogP contribution in [-0.4, -0.2) is 15.6 Å². The van der Waals surface area contributed by atoms with Crippen molar-refractivity contribution in [3.8, 4) is 6.07 Å². The normalized spacial score (nSPS) is 10.0. The Morgan fingerprint density at radius 3 is 2.70 bits per heavy atom. The molecule has 0 aliphatic carbocycles. The quantitative estimate of drug-likeness (QED) is 0.920. The SMILES string of the molecule is N#Cc1cc(F)ccc1Cn1ccc(C(=O)O)cc1=O. The summed E-state index contributed by atoms with van der Waals surface area (Å²) in [6.45, 7) is 0.0713. The van der Waals surface area contributed by atoms with E-state index in [1.807, 2.05) is 6.07 Å². The van der Waals surface area contributed by atoms with Crippen LogP contribution in [-0.2, 0) is 6.54 Å². The van der Waals surface area contributed by atoms with Crippen molar-refractivity contribution in [1.82, 2.24) is 4.57 Å². The van der Waals surface area contributed by atoms with Crippen LogP contribution >= 0.6 is 0 Å². The first-order valence-corrected chi connectivity index (χ1v) is 5.63. The Bertz CT molecular complexity index is 775. The lowest BCUT2D eigenvalue weighted by Gasteiger charge is -2.07. The molecule has 0 spiro atoms. The molecule has 1 heterocycles. The van der Waals surface area contributed by atoms with E-state index in [-0.39, 0.29) is 17.7 Å². The number of hydrogen-bond acceptors (Lipinski definition) is 3. The van der Waals surface area contributed by atoms with Gasteiger partial charge in [-0.2, -0.15) is 5.26 Å². The monoisotopic (exact) mass is 272 g/mol. The number of aromatic carboxylic acids is 1. The molecule has 1 aromatic heterocycles. The summed E-state index contributed by atoms with van der Waals surface area (Å²) < 4.78 is 14.3. The van der Waals surface area contributed by atoms with E-state index in [1.54, 1.807) is 0 Å². The minimum Gasteiger partial charge on any atom is -0.478 e. The van der Waals surface area contributed by atoms with Gasteiger partial charge in [0.15, 0.2) is 0 Å². The van der Waals surface area contributed by atoms with Crippen molar-refractivity contribution in [2.45, 2.75) is 6.54 Å². The molecule has 5 nitrogen and oxygen atoms in total. The molecule has 2 aromatic rings. The largest absolute Gasteiger partial charge is 0.478 e.